The molecule has 0 aliphatic carbocycles. The molecule has 2 aromatic rings. The minimum atomic E-state index is -0.427. The van der Waals surface area contributed by atoms with E-state index >= 15 is 0 Å². The molecule has 0 aromatic heterocycles. The lowest BCUT2D eigenvalue weighted by molar-refractivity contribution is 0.459. The molecule has 20 heavy (non-hydrogen) atoms. The van der Waals surface area contributed by atoms with Crippen molar-refractivity contribution in [2.45, 2.75) is 33.2 Å². The Morgan fingerprint density at radius 1 is 1.25 bits per heavy atom. The molecule has 106 valence electrons. The summed E-state index contributed by atoms with van der Waals surface area (Å²) in [6, 6.07) is 10.2. The van der Waals surface area contributed by atoms with Crippen molar-refractivity contribution in [3.63, 3.8) is 0 Å². The molecule has 0 fully saturated rings. The quantitative estimate of drug-likeness (QED) is 0.855. The molecule has 0 amide bonds. The Labute approximate surface area is 119 Å². The van der Waals surface area contributed by atoms with Crippen LogP contribution in [0.15, 0.2) is 36.4 Å². The first-order chi connectivity index (χ1) is 9.52. The summed E-state index contributed by atoms with van der Waals surface area (Å²) in [5.74, 6) is -0.444. The summed E-state index contributed by atoms with van der Waals surface area (Å²) in [5.41, 5.74) is 4.18. The summed E-state index contributed by atoms with van der Waals surface area (Å²) in [6.07, 6.45) is 0.937. The first-order valence-corrected chi connectivity index (χ1v) is 6.86. The molecule has 1 atom stereocenters. The largest absolute Gasteiger partial charge is 0.507 e. The maximum atomic E-state index is 13.0. The molecule has 0 aliphatic rings. The summed E-state index contributed by atoms with van der Waals surface area (Å²) in [6.45, 7) is 6.12. The van der Waals surface area contributed by atoms with Crippen LogP contribution in [0.2, 0.25) is 0 Å². The fraction of sp³-hybridized carbons (Fsp3) is 0.294. The van der Waals surface area contributed by atoms with E-state index in [1.54, 1.807) is 6.07 Å². The predicted octanol–water partition coefficient (Wildman–Crippen LogP) is 4.58. The molecular formula is C17H20FNO. The first-order valence-electron chi connectivity index (χ1n) is 6.86. The van der Waals surface area contributed by atoms with Gasteiger partial charge in [-0.25, -0.2) is 4.39 Å². The van der Waals surface area contributed by atoms with E-state index in [9.17, 15) is 9.50 Å². The molecule has 1 unspecified atom stereocenters. The van der Waals surface area contributed by atoms with Crippen LogP contribution in [0.4, 0.5) is 10.1 Å². The maximum Gasteiger partial charge on any atom is 0.126 e. The molecule has 0 radical (unpaired) electrons. The van der Waals surface area contributed by atoms with Gasteiger partial charge < -0.3 is 10.4 Å². The number of anilines is 1. The number of rotatable bonds is 4. The second-order valence-electron chi connectivity index (χ2n) is 5.03. The highest BCUT2D eigenvalue weighted by molar-refractivity contribution is 5.59. The third kappa shape index (κ3) is 2.93. The number of phenols is 1. The summed E-state index contributed by atoms with van der Waals surface area (Å²) in [7, 11) is 0. The Morgan fingerprint density at radius 2 is 2.00 bits per heavy atom. The van der Waals surface area contributed by atoms with Crippen LogP contribution in [-0.2, 0) is 6.42 Å². The Bertz CT molecular complexity index is 610. The lowest BCUT2D eigenvalue weighted by Gasteiger charge is -2.21. The van der Waals surface area contributed by atoms with Crippen LogP contribution in [0.3, 0.4) is 0 Å². The summed E-state index contributed by atoms with van der Waals surface area (Å²) in [4.78, 5) is 0. The van der Waals surface area contributed by atoms with Crippen molar-refractivity contribution in [3.05, 3.63) is 58.9 Å². The molecule has 0 saturated heterocycles. The van der Waals surface area contributed by atoms with E-state index < -0.39 is 5.82 Å². The van der Waals surface area contributed by atoms with Gasteiger partial charge in [0.25, 0.3) is 0 Å². The van der Waals surface area contributed by atoms with Crippen molar-refractivity contribution in [1.82, 2.24) is 0 Å². The van der Waals surface area contributed by atoms with Crippen molar-refractivity contribution in [1.29, 1.82) is 0 Å². The van der Waals surface area contributed by atoms with E-state index in [-0.39, 0.29) is 11.8 Å². The molecule has 0 bridgehead atoms. The molecule has 0 spiro atoms. The minimum absolute atomic E-state index is 0.0170. The topological polar surface area (TPSA) is 32.3 Å². The highest BCUT2D eigenvalue weighted by Crippen LogP contribution is 2.30. The van der Waals surface area contributed by atoms with Crippen molar-refractivity contribution < 1.29 is 9.50 Å². The molecule has 3 heteroatoms. The van der Waals surface area contributed by atoms with Gasteiger partial charge in [-0.1, -0.05) is 31.2 Å². The minimum Gasteiger partial charge on any atom is -0.507 e. The van der Waals surface area contributed by atoms with Gasteiger partial charge in [0.05, 0.1) is 6.04 Å². The average molecular weight is 273 g/mol. The van der Waals surface area contributed by atoms with E-state index in [0.717, 1.165) is 23.7 Å². The zero-order valence-corrected chi connectivity index (χ0v) is 12.1. The molecule has 2 rings (SSSR count). The predicted molar refractivity (Wildman–Crippen MR) is 80.7 cm³/mol. The number of hydrogen-bond donors (Lipinski definition) is 2. The van der Waals surface area contributed by atoms with Crippen molar-refractivity contribution in [2.24, 2.45) is 0 Å². The number of nitrogens with one attached hydrogen (secondary N) is 1. The Balaban J connectivity index is 2.30. The monoisotopic (exact) mass is 273 g/mol. The number of aryl methyl sites for hydroxylation is 2. The summed E-state index contributed by atoms with van der Waals surface area (Å²) in [5, 5.41) is 13.3. The standard InChI is InChI=1S/C17H20FNO/c1-4-13-7-5-6-11(2)17(13)19-12(3)15-9-8-14(18)10-16(15)20/h5-10,12,19-20H,4H2,1-3H3. The van der Waals surface area contributed by atoms with Gasteiger partial charge >= 0.3 is 0 Å². The molecular weight excluding hydrogens is 253 g/mol. The molecule has 0 aliphatic heterocycles. The van der Waals surface area contributed by atoms with Gasteiger partial charge in [0.1, 0.15) is 11.6 Å². The van der Waals surface area contributed by atoms with E-state index in [0.29, 0.717) is 5.56 Å². The maximum absolute atomic E-state index is 13.0. The molecule has 2 N–H and O–H groups in total. The molecule has 2 nitrogen and oxygen atoms in total. The molecule has 2 aromatic carbocycles. The van der Waals surface area contributed by atoms with Gasteiger partial charge in [-0.2, -0.15) is 0 Å². The summed E-state index contributed by atoms with van der Waals surface area (Å²) >= 11 is 0. The van der Waals surface area contributed by atoms with Crippen LogP contribution in [0.5, 0.6) is 5.75 Å². The smallest absolute Gasteiger partial charge is 0.126 e. The van der Waals surface area contributed by atoms with Gasteiger partial charge in [0.2, 0.25) is 0 Å². The number of phenolic OH excluding ortho intramolecular Hbond substituents is 1. The zero-order chi connectivity index (χ0) is 14.7. The van der Waals surface area contributed by atoms with Crippen molar-refractivity contribution in [3.8, 4) is 5.75 Å². The number of halogens is 1. The Morgan fingerprint density at radius 3 is 2.65 bits per heavy atom. The third-order valence-electron chi connectivity index (χ3n) is 3.56. The van der Waals surface area contributed by atoms with Gasteiger partial charge in [-0.3, -0.25) is 0 Å². The number of benzene rings is 2. The normalized spacial score (nSPS) is 12.2. The highest BCUT2D eigenvalue weighted by Gasteiger charge is 2.13. The van der Waals surface area contributed by atoms with Crippen LogP contribution >= 0.6 is 0 Å². The zero-order valence-electron chi connectivity index (χ0n) is 12.1. The van der Waals surface area contributed by atoms with E-state index in [1.807, 2.05) is 13.0 Å². The average Bonchev–Trinajstić information content (AvgIpc) is 2.40. The van der Waals surface area contributed by atoms with Gasteiger partial charge in [-0.05, 0) is 37.5 Å². The molecule has 0 heterocycles. The number of para-hydroxylation sites is 1. The fourth-order valence-corrected chi connectivity index (χ4v) is 2.41. The lowest BCUT2D eigenvalue weighted by Crippen LogP contribution is -2.10. The van der Waals surface area contributed by atoms with Crippen molar-refractivity contribution >= 4 is 5.69 Å². The van der Waals surface area contributed by atoms with Gasteiger partial charge in [0, 0.05) is 17.3 Å². The van der Waals surface area contributed by atoms with Crippen LogP contribution < -0.4 is 5.32 Å². The number of hydrogen-bond acceptors (Lipinski definition) is 2. The second kappa shape index (κ2) is 5.95. The molecule has 0 saturated carbocycles. The Hall–Kier alpha value is -2.03. The highest BCUT2D eigenvalue weighted by atomic mass is 19.1. The van der Waals surface area contributed by atoms with Gasteiger partial charge in [0.15, 0.2) is 0 Å². The van der Waals surface area contributed by atoms with Crippen LogP contribution in [0, 0.1) is 12.7 Å². The fourth-order valence-electron chi connectivity index (χ4n) is 2.41. The van der Waals surface area contributed by atoms with Crippen LogP contribution in [-0.4, -0.2) is 5.11 Å². The SMILES string of the molecule is CCc1cccc(C)c1NC(C)c1ccc(F)cc1O. The number of aromatic hydroxyl groups is 1. The lowest BCUT2D eigenvalue weighted by atomic mass is 10.0. The Kier molecular flexibility index (Phi) is 4.28. The van der Waals surface area contributed by atoms with E-state index in [4.69, 9.17) is 0 Å². The third-order valence-corrected chi connectivity index (χ3v) is 3.56. The van der Waals surface area contributed by atoms with E-state index in [2.05, 4.69) is 31.3 Å². The summed E-state index contributed by atoms with van der Waals surface area (Å²) < 4.78 is 13.0. The second-order valence-corrected chi connectivity index (χ2v) is 5.03. The van der Waals surface area contributed by atoms with Gasteiger partial charge in [-0.15, -0.1) is 0 Å². The van der Waals surface area contributed by atoms with Crippen molar-refractivity contribution in [2.75, 3.05) is 5.32 Å². The first kappa shape index (κ1) is 14.4. The van der Waals surface area contributed by atoms with Crippen LogP contribution in [0.25, 0.3) is 0 Å². The van der Waals surface area contributed by atoms with E-state index in [1.165, 1.54) is 11.6 Å². The van der Waals surface area contributed by atoms with Crippen LogP contribution in [0.1, 0.15) is 36.6 Å².